The second-order valence-corrected chi connectivity index (χ2v) is 5.75. The smallest absolute Gasteiger partial charge is 0.302 e. The average molecular weight is 393 g/mol. The molecule has 0 saturated carbocycles. The van der Waals surface area contributed by atoms with Crippen LogP contribution in [0.3, 0.4) is 0 Å². The number of hydrogen-bond donors (Lipinski definition) is 1. The van der Waals surface area contributed by atoms with Gasteiger partial charge in [0, 0.05) is 40.0 Å². The molecule has 28 heavy (non-hydrogen) atoms. The molecule has 0 aliphatic carbocycles. The van der Waals surface area contributed by atoms with Crippen LogP contribution in [-0.2, 0) is 30.4 Å². The van der Waals surface area contributed by atoms with Gasteiger partial charge < -0.3 is 28.4 Å². The Morgan fingerprint density at radius 3 is 2.68 bits per heavy atom. The number of aromatic nitrogens is 4. The number of terminal acetylenes is 1. The maximum absolute atomic E-state index is 11.2. The SMILES string of the molecule is C#CONc1nc(OC)c2ncn(C[C@H](COC(C)=O)CC(OC)OC)c2n1. The summed E-state index contributed by atoms with van der Waals surface area (Å²) < 4.78 is 22.8. The number of imidazole rings is 1. The Balaban J connectivity index is 2.31. The standard InChI is InChI=1S/C17H23N5O6/c1-6-28-21-17-19-15-14(16(20-17)26-5)18-10-22(15)8-12(9-27-11(2)23)7-13(24-3)25-4/h1,10,12-13H,7-9H2,2-5H3,(H,19,20,21)/t12-/m1/s1. The molecule has 0 radical (unpaired) electrons. The van der Waals surface area contributed by atoms with Crippen molar-refractivity contribution in [3.63, 3.8) is 0 Å². The van der Waals surface area contributed by atoms with Crippen molar-refractivity contribution in [2.75, 3.05) is 33.4 Å². The minimum atomic E-state index is -0.444. The number of fused-ring (bicyclic) bond motifs is 1. The minimum Gasteiger partial charge on any atom is -0.479 e. The highest BCUT2D eigenvalue weighted by molar-refractivity contribution is 5.77. The number of carbonyl (C=O) groups excluding carboxylic acids is 1. The average Bonchev–Trinajstić information content (AvgIpc) is 3.10. The first-order chi connectivity index (χ1) is 13.5. The first kappa shape index (κ1) is 21.2. The number of rotatable bonds is 11. The van der Waals surface area contributed by atoms with Gasteiger partial charge in [-0.05, 0) is 0 Å². The Kier molecular flexibility index (Phi) is 7.79. The summed E-state index contributed by atoms with van der Waals surface area (Å²) in [4.78, 5) is 28.7. The van der Waals surface area contributed by atoms with E-state index in [0.717, 1.165) is 0 Å². The Morgan fingerprint density at radius 1 is 1.32 bits per heavy atom. The molecule has 11 heteroatoms. The number of esters is 1. The van der Waals surface area contributed by atoms with E-state index in [1.807, 2.05) is 6.11 Å². The fourth-order valence-electron chi connectivity index (χ4n) is 2.58. The second kappa shape index (κ2) is 10.3. The second-order valence-electron chi connectivity index (χ2n) is 5.75. The quantitative estimate of drug-likeness (QED) is 0.256. The number of anilines is 1. The Bertz CT molecular complexity index is 829. The largest absolute Gasteiger partial charge is 0.479 e. The highest BCUT2D eigenvalue weighted by atomic mass is 16.7. The Morgan fingerprint density at radius 2 is 2.07 bits per heavy atom. The summed E-state index contributed by atoms with van der Waals surface area (Å²) in [6.07, 6.45) is 8.69. The van der Waals surface area contributed by atoms with Gasteiger partial charge in [-0.15, -0.1) is 0 Å². The van der Waals surface area contributed by atoms with Crippen LogP contribution in [0.25, 0.3) is 11.2 Å². The van der Waals surface area contributed by atoms with E-state index in [4.69, 9.17) is 25.4 Å². The number of methoxy groups -OCH3 is 3. The molecule has 0 bridgehead atoms. The first-order valence-electron chi connectivity index (χ1n) is 8.35. The lowest BCUT2D eigenvalue weighted by molar-refractivity contribution is -0.146. The zero-order valence-electron chi connectivity index (χ0n) is 16.2. The van der Waals surface area contributed by atoms with Gasteiger partial charge in [0.15, 0.2) is 17.5 Å². The molecule has 2 heterocycles. The third-order valence-electron chi connectivity index (χ3n) is 3.86. The zero-order valence-corrected chi connectivity index (χ0v) is 16.2. The lowest BCUT2D eigenvalue weighted by atomic mass is 10.1. The van der Waals surface area contributed by atoms with Crippen LogP contribution in [0.1, 0.15) is 13.3 Å². The van der Waals surface area contributed by atoms with E-state index >= 15 is 0 Å². The number of hydrogen-bond acceptors (Lipinski definition) is 10. The van der Waals surface area contributed by atoms with Crippen LogP contribution in [0.5, 0.6) is 5.88 Å². The molecule has 0 unspecified atom stereocenters. The lowest BCUT2D eigenvalue weighted by Gasteiger charge is -2.22. The van der Waals surface area contributed by atoms with E-state index in [1.54, 1.807) is 25.1 Å². The summed E-state index contributed by atoms with van der Waals surface area (Å²) >= 11 is 0. The molecule has 0 saturated heterocycles. The van der Waals surface area contributed by atoms with Crippen molar-refractivity contribution >= 4 is 23.1 Å². The molecule has 0 spiro atoms. The molecule has 11 nitrogen and oxygen atoms in total. The van der Waals surface area contributed by atoms with Crippen LogP contribution < -0.4 is 10.2 Å². The maximum atomic E-state index is 11.2. The van der Waals surface area contributed by atoms with Gasteiger partial charge >= 0.3 is 5.97 Å². The van der Waals surface area contributed by atoms with Gasteiger partial charge in [-0.3, -0.25) is 4.79 Å². The topological polar surface area (TPSA) is 119 Å². The van der Waals surface area contributed by atoms with Gasteiger partial charge in [0.2, 0.25) is 5.88 Å². The molecular weight excluding hydrogens is 370 g/mol. The molecular formula is C17H23N5O6. The van der Waals surface area contributed by atoms with Crippen LogP contribution in [-0.4, -0.2) is 59.7 Å². The summed E-state index contributed by atoms with van der Waals surface area (Å²) in [5.74, 6) is -0.110. The monoisotopic (exact) mass is 393 g/mol. The van der Waals surface area contributed by atoms with Crippen molar-refractivity contribution < 1.29 is 28.6 Å². The van der Waals surface area contributed by atoms with E-state index in [9.17, 15) is 4.79 Å². The number of nitrogens with zero attached hydrogens (tertiary/aromatic N) is 4. The van der Waals surface area contributed by atoms with E-state index in [2.05, 4.69) is 25.3 Å². The number of carbonyl (C=O) groups is 1. The maximum Gasteiger partial charge on any atom is 0.302 e. The lowest BCUT2D eigenvalue weighted by Crippen LogP contribution is -2.25. The van der Waals surface area contributed by atoms with E-state index < -0.39 is 6.29 Å². The molecule has 0 amide bonds. The predicted molar refractivity (Wildman–Crippen MR) is 98.0 cm³/mol. The number of nitrogens with one attached hydrogen (secondary N) is 1. The molecule has 0 aromatic carbocycles. The van der Waals surface area contributed by atoms with Crippen molar-refractivity contribution in [1.82, 2.24) is 19.5 Å². The molecule has 0 aliphatic rings. The van der Waals surface area contributed by atoms with Crippen LogP contribution in [0, 0.1) is 18.4 Å². The summed E-state index contributed by atoms with van der Waals surface area (Å²) in [5.41, 5.74) is 3.40. The van der Waals surface area contributed by atoms with Crippen molar-refractivity contribution in [3.8, 4) is 18.4 Å². The normalized spacial score (nSPS) is 11.9. The highest BCUT2D eigenvalue weighted by Crippen LogP contribution is 2.24. The molecule has 2 aromatic heterocycles. The van der Waals surface area contributed by atoms with Crippen molar-refractivity contribution in [2.45, 2.75) is 26.2 Å². The van der Waals surface area contributed by atoms with Gasteiger partial charge in [0.05, 0.1) is 20.0 Å². The van der Waals surface area contributed by atoms with E-state index in [-0.39, 0.29) is 30.3 Å². The minimum absolute atomic E-state index is 0.118. The van der Waals surface area contributed by atoms with Crippen LogP contribution >= 0.6 is 0 Å². The number of ether oxygens (including phenoxy) is 4. The fourth-order valence-corrected chi connectivity index (χ4v) is 2.58. The summed E-state index contributed by atoms with van der Waals surface area (Å²) in [6.45, 7) is 1.98. The van der Waals surface area contributed by atoms with Gasteiger partial charge in [-0.25, -0.2) is 4.98 Å². The van der Waals surface area contributed by atoms with Crippen molar-refractivity contribution in [2.24, 2.45) is 5.92 Å². The molecule has 2 rings (SSSR count). The third-order valence-corrected chi connectivity index (χ3v) is 3.86. The zero-order chi connectivity index (χ0) is 20.5. The summed E-state index contributed by atoms with van der Waals surface area (Å²) in [5, 5.41) is 0. The molecule has 0 aliphatic heterocycles. The van der Waals surface area contributed by atoms with Crippen LogP contribution in [0.15, 0.2) is 6.33 Å². The molecule has 2 aromatic rings. The first-order valence-corrected chi connectivity index (χ1v) is 8.35. The predicted octanol–water partition coefficient (Wildman–Crippen LogP) is 0.957. The fraction of sp³-hybridized carbons (Fsp3) is 0.529. The molecule has 1 atom stereocenters. The van der Waals surface area contributed by atoms with Crippen LogP contribution in [0.4, 0.5) is 5.95 Å². The van der Waals surface area contributed by atoms with Crippen molar-refractivity contribution in [3.05, 3.63) is 6.33 Å². The van der Waals surface area contributed by atoms with Gasteiger partial charge in [0.25, 0.3) is 5.95 Å². The van der Waals surface area contributed by atoms with Gasteiger partial charge in [-0.1, -0.05) is 6.42 Å². The van der Waals surface area contributed by atoms with Crippen LogP contribution in [0.2, 0.25) is 0 Å². The third kappa shape index (κ3) is 5.45. The van der Waals surface area contributed by atoms with Gasteiger partial charge in [-0.2, -0.15) is 15.4 Å². The molecule has 152 valence electrons. The molecule has 0 fully saturated rings. The Labute approximate surface area is 162 Å². The summed E-state index contributed by atoms with van der Waals surface area (Å²) in [6, 6.07) is 0. The van der Waals surface area contributed by atoms with E-state index in [1.165, 1.54) is 14.0 Å². The van der Waals surface area contributed by atoms with Crippen molar-refractivity contribution in [1.29, 1.82) is 0 Å². The molecule has 1 N–H and O–H groups in total. The van der Waals surface area contributed by atoms with E-state index in [0.29, 0.717) is 24.1 Å². The Hall–Kier alpha value is -3.10. The van der Waals surface area contributed by atoms with Gasteiger partial charge in [0.1, 0.15) is 6.11 Å². The summed E-state index contributed by atoms with van der Waals surface area (Å²) in [7, 11) is 4.56. The highest BCUT2D eigenvalue weighted by Gasteiger charge is 2.21.